The standard InChI is InChI=1S/C23H23ClN4/c1-16-21(15-18-7-9-20(24)10-8-18)23(27-17(2)26-16)25-12-14-28-13-11-19-5-3-4-6-22(19)28/h3-11,13H,12,14-15H2,1-2H3,(H,25,26,27). The van der Waals surface area contributed by atoms with Gasteiger partial charge in [-0.3, -0.25) is 0 Å². The fourth-order valence-electron chi connectivity index (χ4n) is 3.53. The summed E-state index contributed by atoms with van der Waals surface area (Å²) >= 11 is 6.02. The summed E-state index contributed by atoms with van der Waals surface area (Å²) in [6, 6.07) is 18.5. The van der Waals surface area contributed by atoms with Gasteiger partial charge in [0.25, 0.3) is 0 Å². The number of hydrogen-bond acceptors (Lipinski definition) is 3. The van der Waals surface area contributed by atoms with Crippen molar-refractivity contribution in [2.75, 3.05) is 11.9 Å². The molecule has 2 aromatic heterocycles. The molecule has 0 aliphatic carbocycles. The highest BCUT2D eigenvalue weighted by atomic mass is 35.5. The van der Waals surface area contributed by atoms with Crippen LogP contribution in [-0.2, 0) is 13.0 Å². The molecule has 4 rings (SSSR count). The van der Waals surface area contributed by atoms with Gasteiger partial charge < -0.3 is 9.88 Å². The lowest BCUT2D eigenvalue weighted by Crippen LogP contribution is -2.14. The molecule has 0 unspecified atom stereocenters. The monoisotopic (exact) mass is 390 g/mol. The molecule has 0 aliphatic rings. The van der Waals surface area contributed by atoms with Gasteiger partial charge in [0, 0.05) is 47.5 Å². The third kappa shape index (κ3) is 4.02. The molecule has 28 heavy (non-hydrogen) atoms. The second kappa shape index (κ2) is 8.03. The van der Waals surface area contributed by atoms with E-state index in [2.05, 4.69) is 68.5 Å². The fourth-order valence-corrected chi connectivity index (χ4v) is 3.66. The number of hydrogen-bond donors (Lipinski definition) is 1. The maximum atomic E-state index is 6.02. The molecular formula is C23H23ClN4. The van der Waals surface area contributed by atoms with Crippen molar-refractivity contribution in [3.05, 3.63) is 88.5 Å². The minimum Gasteiger partial charge on any atom is -0.368 e. The highest BCUT2D eigenvalue weighted by molar-refractivity contribution is 6.30. The predicted octanol–water partition coefficient (Wildman–Crippen LogP) is 5.40. The van der Waals surface area contributed by atoms with E-state index >= 15 is 0 Å². The van der Waals surface area contributed by atoms with E-state index in [1.54, 1.807) is 0 Å². The zero-order valence-electron chi connectivity index (χ0n) is 16.1. The summed E-state index contributed by atoms with van der Waals surface area (Å²) in [5, 5.41) is 5.54. The van der Waals surface area contributed by atoms with E-state index in [-0.39, 0.29) is 0 Å². The quantitative estimate of drug-likeness (QED) is 0.479. The van der Waals surface area contributed by atoms with Crippen LogP contribution in [0.4, 0.5) is 5.82 Å². The van der Waals surface area contributed by atoms with Crippen LogP contribution in [0.1, 0.15) is 22.6 Å². The number of nitrogens with zero attached hydrogens (tertiary/aromatic N) is 3. The van der Waals surface area contributed by atoms with Crippen LogP contribution in [0.3, 0.4) is 0 Å². The molecule has 5 heteroatoms. The smallest absolute Gasteiger partial charge is 0.133 e. The molecule has 0 aliphatic heterocycles. The third-order valence-corrected chi connectivity index (χ3v) is 5.20. The normalized spacial score (nSPS) is 11.1. The van der Waals surface area contributed by atoms with E-state index in [4.69, 9.17) is 11.6 Å². The van der Waals surface area contributed by atoms with Crippen LogP contribution in [0.2, 0.25) is 5.02 Å². The Bertz CT molecular complexity index is 1100. The molecule has 1 N–H and O–H groups in total. The first-order valence-electron chi connectivity index (χ1n) is 9.46. The van der Waals surface area contributed by atoms with Gasteiger partial charge in [-0.25, -0.2) is 9.97 Å². The van der Waals surface area contributed by atoms with E-state index in [9.17, 15) is 0 Å². The van der Waals surface area contributed by atoms with Crippen molar-refractivity contribution < 1.29 is 0 Å². The van der Waals surface area contributed by atoms with E-state index in [1.165, 1.54) is 16.5 Å². The van der Waals surface area contributed by atoms with Crippen LogP contribution in [0.25, 0.3) is 10.9 Å². The Kier molecular flexibility index (Phi) is 5.31. The molecular weight excluding hydrogens is 368 g/mol. The minimum atomic E-state index is 0.748. The van der Waals surface area contributed by atoms with E-state index < -0.39 is 0 Å². The zero-order chi connectivity index (χ0) is 19.5. The maximum Gasteiger partial charge on any atom is 0.133 e. The van der Waals surface area contributed by atoms with Crippen molar-refractivity contribution in [3.63, 3.8) is 0 Å². The average molecular weight is 391 g/mol. The van der Waals surface area contributed by atoms with E-state index in [0.29, 0.717) is 0 Å². The molecule has 4 aromatic rings. The maximum absolute atomic E-state index is 6.02. The Labute approximate surface area is 170 Å². The minimum absolute atomic E-state index is 0.748. The number of aromatic nitrogens is 3. The molecule has 142 valence electrons. The van der Waals surface area contributed by atoms with Crippen molar-refractivity contribution in [1.82, 2.24) is 14.5 Å². The van der Waals surface area contributed by atoms with E-state index in [1.807, 2.05) is 26.0 Å². The van der Waals surface area contributed by atoms with Crippen LogP contribution < -0.4 is 5.32 Å². The van der Waals surface area contributed by atoms with Gasteiger partial charge in [-0.1, -0.05) is 41.9 Å². The molecule has 0 saturated heterocycles. The Morgan fingerprint density at radius 2 is 1.75 bits per heavy atom. The van der Waals surface area contributed by atoms with Crippen LogP contribution in [0.15, 0.2) is 60.8 Å². The second-order valence-electron chi connectivity index (χ2n) is 6.98. The van der Waals surface area contributed by atoms with Gasteiger partial charge in [0.05, 0.1) is 0 Å². The van der Waals surface area contributed by atoms with Crippen LogP contribution >= 0.6 is 11.6 Å². The number of nitrogens with one attached hydrogen (secondary N) is 1. The summed E-state index contributed by atoms with van der Waals surface area (Å²) in [6.07, 6.45) is 2.91. The second-order valence-corrected chi connectivity index (χ2v) is 7.42. The average Bonchev–Trinajstić information content (AvgIpc) is 3.09. The first-order valence-corrected chi connectivity index (χ1v) is 9.84. The Morgan fingerprint density at radius 3 is 2.57 bits per heavy atom. The number of fused-ring (bicyclic) bond motifs is 1. The molecule has 0 radical (unpaired) electrons. The molecule has 2 heterocycles. The highest BCUT2D eigenvalue weighted by Gasteiger charge is 2.11. The number of halogens is 1. The Balaban J connectivity index is 1.52. The molecule has 0 saturated carbocycles. The van der Waals surface area contributed by atoms with Gasteiger partial charge in [0.2, 0.25) is 0 Å². The molecule has 0 bridgehead atoms. The number of anilines is 1. The molecule has 0 atom stereocenters. The van der Waals surface area contributed by atoms with Crippen LogP contribution in [0.5, 0.6) is 0 Å². The van der Waals surface area contributed by atoms with Gasteiger partial charge in [-0.2, -0.15) is 0 Å². The SMILES string of the molecule is Cc1nc(C)c(Cc2ccc(Cl)cc2)c(NCCn2ccc3ccccc32)n1. The lowest BCUT2D eigenvalue weighted by atomic mass is 10.0. The third-order valence-electron chi connectivity index (χ3n) is 4.95. The summed E-state index contributed by atoms with van der Waals surface area (Å²) in [5.41, 5.74) is 4.58. The molecule has 0 amide bonds. The number of benzene rings is 2. The van der Waals surface area contributed by atoms with E-state index in [0.717, 1.165) is 47.4 Å². The summed E-state index contributed by atoms with van der Waals surface area (Å²) < 4.78 is 2.27. The topological polar surface area (TPSA) is 42.7 Å². The molecule has 0 fully saturated rings. The van der Waals surface area contributed by atoms with Crippen LogP contribution in [-0.4, -0.2) is 21.1 Å². The van der Waals surface area contributed by atoms with Gasteiger partial charge in [0.15, 0.2) is 0 Å². The highest BCUT2D eigenvalue weighted by Crippen LogP contribution is 2.22. The first kappa shape index (κ1) is 18.5. The number of para-hydroxylation sites is 1. The Morgan fingerprint density at radius 1 is 0.964 bits per heavy atom. The molecule has 2 aromatic carbocycles. The summed E-state index contributed by atoms with van der Waals surface area (Å²) in [6.45, 7) is 5.65. The Hall–Kier alpha value is -2.85. The van der Waals surface area contributed by atoms with Crippen molar-refractivity contribution >= 4 is 28.3 Å². The number of aryl methyl sites for hydroxylation is 2. The predicted molar refractivity (Wildman–Crippen MR) is 116 cm³/mol. The number of rotatable bonds is 6. The van der Waals surface area contributed by atoms with Gasteiger partial charge in [0.1, 0.15) is 11.6 Å². The van der Waals surface area contributed by atoms with Crippen molar-refractivity contribution in [2.24, 2.45) is 0 Å². The van der Waals surface area contributed by atoms with Gasteiger partial charge >= 0.3 is 0 Å². The van der Waals surface area contributed by atoms with Gasteiger partial charge in [-0.15, -0.1) is 0 Å². The fraction of sp³-hybridized carbons (Fsp3) is 0.217. The lowest BCUT2D eigenvalue weighted by molar-refractivity contribution is 0.752. The van der Waals surface area contributed by atoms with Crippen molar-refractivity contribution in [1.29, 1.82) is 0 Å². The van der Waals surface area contributed by atoms with Crippen molar-refractivity contribution in [2.45, 2.75) is 26.8 Å². The van der Waals surface area contributed by atoms with Gasteiger partial charge in [-0.05, 0) is 49.1 Å². The summed E-state index contributed by atoms with van der Waals surface area (Å²) in [5.74, 6) is 1.70. The molecule has 0 spiro atoms. The molecule has 4 nitrogen and oxygen atoms in total. The summed E-state index contributed by atoms with van der Waals surface area (Å²) in [4.78, 5) is 9.24. The van der Waals surface area contributed by atoms with Crippen molar-refractivity contribution in [3.8, 4) is 0 Å². The largest absolute Gasteiger partial charge is 0.368 e. The lowest BCUT2D eigenvalue weighted by Gasteiger charge is -2.15. The van der Waals surface area contributed by atoms with Crippen LogP contribution in [0, 0.1) is 13.8 Å². The first-order chi connectivity index (χ1) is 13.6. The summed E-state index contributed by atoms with van der Waals surface area (Å²) in [7, 11) is 0. The zero-order valence-corrected chi connectivity index (χ0v) is 16.9.